The van der Waals surface area contributed by atoms with Gasteiger partial charge in [0.05, 0.1) is 0 Å². The number of aliphatic hydroxyl groups excluding tert-OH is 1. The molecule has 0 aliphatic rings. The molecule has 0 fully saturated rings. The molecule has 9 nitrogen and oxygen atoms in total. The average molecular weight is 324 g/mol. The first-order valence-corrected chi connectivity index (χ1v) is 6.88. The SMILES string of the molecule is NC(N)=NCCCC(N)C(=O)OOC(=O)C(O)c1ccccc1. The van der Waals surface area contributed by atoms with Crippen molar-refractivity contribution in [2.24, 2.45) is 22.2 Å². The summed E-state index contributed by atoms with van der Waals surface area (Å²) in [6.45, 7) is 0.315. The van der Waals surface area contributed by atoms with Crippen molar-refractivity contribution in [2.75, 3.05) is 6.54 Å². The van der Waals surface area contributed by atoms with Gasteiger partial charge in [0, 0.05) is 6.54 Å². The van der Waals surface area contributed by atoms with Gasteiger partial charge in [-0.3, -0.25) is 4.99 Å². The van der Waals surface area contributed by atoms with Crippen molar-refractivity contribution in [3.63, 3.8) is 0 Å². The molecule has 126 valence electrons. The Kier molecular flexibility index (Phi) is 7.51. The fourth-order valence-corrected chi connectivity index (χ4v) is 1.60. The molecule has 7 N–H and O–H groups in total. The molecular formula is C14H20N4O5. The molecule has 23 heavy (non-hydrogen) atoms. The van der Waals surface area contributed by atoms with Gasteiger partial charge in [0.2, 0.25) is 0 Å². The molecule has 0 bridgehead atoms. The number of nitrogens with zero attached hydrogens (tertiary/aromatic N) is 1. The predicted octanol–water partition coefficient (Wildman–Crippen LogP) is -0.898. The van der Waals surface area contributed by atoms with Crippen LogP contribution in [0.5, 0.6) is 0 Å². The van der Waals surface area contributed by atoms with Gasteiger partial charge in [-0.25, -0.2) is 19.4 Å². The average Bonchev–Trinajstić information content (AvgIpc) is 2.55. The molecule has 0 amide bonds. The number of carbonyl (C=O) groups excluding carboxylic acids is 2. The number of benzene rings is 1. The van der Waals surface area contributed by atoms with Crippen LogP contribution in [0.2, 0.25) is 0 Å². The summed E-state index contributed by atoms with van der Waals surface area (Å²) in [6, 6.07) is 7.08. The number of aliphatic hydroxyl groups is 1. The molecule has 0 aliphatic carbocycles. The lowest BCUT2D eigenvalue weighted by atomic mass is 10.1. The normalized spacial score (nSPS) is 12.8. The summed E-state index contributed by atoms with van der Waals surface area (Å²) in [5.41, 5.74) is 16.2. The van der Waals surface area contributed by atoms with E-state index < -0.39 is 24.1 Å². The summed E-state index contributed by atoms with van der Waals surface area (Å²) in [7, 11) is 0. The molecule has 2 atom stereocenters. The first-order chi connectivity index (χ1) is 10.9. The van der Waals surface area contributed by atoms with Crippen molar-refractivity contribution >= 4 is 17.9 Å². The number of nitrogens with two attached hydrogens (primary N) is 3. The Morgan fingerprint density at radius 1 is 1.13 bits per heavy atom. The Labute approximate surface area is 133 Å². The van der Waals surface area contributed by atoms with Crippen LogP contribution in [0.25, 0.3) is 0 Å². The molecule has 0 saturated carbocycles. The van der Waals surface area contributed by atoms with E-state index in [4.69, 9.17) is 17.2 Å². The summed E-state index contributed by atoms with van der Waals surface area (Å²) in [5, 5.41) is 9.73. The minimum absolute atomic E-state index is 0.0509. The molecule has 0 heterocycles. The molecule has 2 unspecified atom stereocenters. The lowest BCUT2D eigenvalue weighted by Crippen LogP contribution is -2.33. The van der Waals surface area contributed by atoms with Crippen LogP contribution in [0.3, 0.4) is 0 Å². The van der Waals surface area contributed by atoms with Gasteiger partial charge in [0.25, 0.3) is 0 Å². The first-order valence-electron chi connectivity index (χ1n) is 6.88. The molecule has 9 heteroatoms. The predicted molar refractivity (Wildman–Crippen MR) is 81.5 cm³/mol. The minimum Gasteiger partial charge on any atom is -0.377 e. The number of aliphatic imine (C=N–C) groups is 1. The van der Waals surface area contributed by atoms with E-state index in [0.29, 0.717) is 18.5 Å². The zero-order valence-electron chi connectivity index (χ0n) is 12.4. The van der Waals surface area contributed by atoms with Crippen LogP contribution in [-0.2, 0) is 19.4 Å². The van der Waals surface area contributed by atoms with E-state index >= 15 is 0 Å². The number of rotatable bonds is 7. The van der Waals surface area contributed by atoms with Crippen molar-refractivity contribution in [3.05, 3.63) is 35.9 Å². The van der Waals surface area contributed by atoms with Crippen molar-refractivity contribution in [3.8, 4) is 0 Å². The van der Waals surface area contributed by atoms with E-state index in [2.05, 4.69) is 14.8 Å². The third-order valence-electron chi connectivity index (χ3n) is 2.81. The van der Waals surface area contributed by atoms with Crippen molar-refractivity contribution in [1.29, 1.82) is 0 Å². The highest BCUT2D eigenvalue weighted by molar-refractivity contribution is 5.79. The van der Waals surface area contributed by atoms with Gasteiger partial charge >= 0.3 is 11.9 Å². The Morgan fingerprint density at radius 2 is 1.74 bits per heavy atom. The van der Waals surface area contributed by atoms with E-state index in [0.717, 1.165) is 0 Å². The largest absolute Gasteiger partial charge is 0.388 e. The monoisotopic (exact) mass is 324 g/mol. The highest BCUT2D eigenvalue weighted by atomic mass is 17.2. The number of hydrogen-bond acceptors (Lipinski definition) is 7. The second-order valence-corrected chi connectivity index (χ2v) is 4.67. The molecular weight excluding hydrogens is 304 g/mol. The zero-order chi connectivity index (χ0) is 17.2. The number of carbonyl (C=O) groups is 2. The first kappa shape index (κ1) is 18.4. The quantitative estimate of drug-likeness (QED) is 0.165. The molecule has 0 radical (unpaired) electrons. The standard InChI is InChI=1S/C14H20N4O5/c15-10(7-4-8-18-14(16)17)12(20)22-23-13(21)11(19)9-5-2-1-3-6-9/h1-3,5-6,10-11,19H,4,7-8,15H2,(H4,16,17,18). The Morgan fingerprint density at radius 3 is 2.35 bits per heavy atom. The van der Waals surface area contributed by atoms with E-state index in [-0.39, 0.29) is 12.4 Å². The summed E-state index contributed by atoms with van der Waals surface area (Å²) < 4.78 is 0. The Hall–Kier alpha value is -2.65. The molecule has 0 spiro atoms. The van der Waals surface area contributed by atoms with Gasteiger partial charge in [-0.05, 0) is 18.4 Å². The smallest absolute Gasteiger partial charge is 0.377 e. The van der Waals surface area contributed by atoms with Crippen LogP contribution in [-0.4, -0.2) is 35.6 Å². The van der Waals surface area contributed by atoms with Crippen LogP contribution in [0, 0.1) is 0 Å². The Balaban J connectivity index is 2.34. The summed E-state index contributed by atoms with van der Waals surface area (Å²) in [4.78, 5) is 35.5. The Bertz CT molecular complexity index is 545. The fourth-order valence-electron chi connectivity index (χ4n) is 1.60. The van der Waals surface area contributed by atoms with Crippen LogP contribution in [0.4, 0.5) is 0 Å². The second kappa shape index (κ2) is 9.38. The molecule has 1 aromatic rings. The van der Waals surface area contributed by atoms with Gasteiger partial charge in [-0.1, -0.05) is 30.3 Å². The van der Waals surface area contributed by atoms with Crippen LogP contribution in [0.1, 0.15) is 24.5 Å². The lowest BCUT2D eigenvalue weighted by Gasteiger charge is -2.11. The minimum atomic E-state index is -1.55. The highest BCUT2D eigenvalue weighted by Crippen LogP contribution is 2.13. The van der Waals surface area contributed by atoms with Gasteiger partial charge in [-0.15, -0.1) is 0 Å². The maximum Gasteiger partial charge on any atom is 0.388 e. The second-order valence-electron chi connectivity index (χ2n) is 4.67. The van der Waals surface area contributed by atoms with E-state index in [1.165, 1.54) is 12.1 Å². The molecule has 0 aromatic heterocycles. The molecule has 0 aliphatic heterocycles. The topological polar surface area (TPSA) is 163 Å². The number of guanidine groups is 1. The third kappa shape index (κ3) is 6.76. The third-order valence-corrected chi connectivity index (χ3v) is 2.81. The molecule has 1 rings (SSSR count). The van der Waals surface area contributed by atoms with E-state index in [1.54, 1.807) is 18.2 Å². The number of hydrogen-bond donors (Lipinski definition) is 4. The lowest BCUT2D eigenvalue weighted by molar-refractivity contribution is -0.265. The van der Waals surface area contributed by atoms with Crippen molar-refractivity contribution in [1.82, 2.24) is 0 Å². The summed E-state index contributed by atoms with van der Waals surface area (Å²) in [6.07, 6.45) is -0.856. The summed E-state index contributed by atoms with van der Waals surface area (Å²) >= 11 is 0. The highest BCUT2D eigenvalue weighted by Gasteiger charge is 2.23. The maximum atomic E-state index is 11.6. The van der Waals surface area contributed by atoms with Gasteiger partial charge < -0.3 is 22.3 Å². The van der Waals surface area contributed by atoms with E-state index in [1.807, 2.05) is 0 Å². The fraction of sp³-hybridized carbons (Fsp3) is 0.357. The van der Waals surface area contributed by atoms with Crippen LogP contribution < -0.4 is 17.2 Å². The van der Waals surface area contributed by atoms with Gasteiger partial charge in [0.1, 0.15) is 6.04 Å². The van der Waals surface area contributed by atoms with Crippen LogP contribution >= 0.6 is 0 Å². The zero-order valence-corrected chi connectivity index (χ0v) is 12.4. The van der Waals surface area contributed by atoms with E-state index in [9.17, 15) is 14.7 Å². The maximum absolute atomic E-state index is 11.6. The van der Waals surface area contributed by atoms with Crippen molar-refractivity contribution < 1.29 is 24.5 Å². The van der Waals surface area contributed by atoms with Gasteiger partial charge in [0.15, 0.2) is 12.1 Å². The van der Waals surface area contributed by atoms with Gasteiger partial charge in [-0.2, -0.15) is 0 Å². The molecule has 0 saturated heterocycles. The van der Waals surface area contributed by atoms with Crippen molar-refractivity contribution in [2.45, 2.75) is 25.0 Å². The molecule has 1 aromatic carbocycles. The van der Waals surface area contributed by atoms with Crippen LogP contribution in [0.15, 0.2) is 35.3 Å². The summed E-state index contributed by atoms with van der Waals surface area (Å²) in [5.74, 6) is -2.09.